The van der Waals surface area contributed by atoms with Crippen LogP contribution in [0.1, 0.15) is 31.7 Å². The quantitative estimate of drug-likeness (QED) is 0.656. The number of carbonyl (C=O) groups excluding carboxylic acids is 1. The second kappa shape index (κ2) is 12.1. The molecule has 6 heteroatoms. The largest absolute Gasteiger partial charge is 0.491 e. The van der Waals surface area contributed by atoms with E-state index in [0.29, 0.717) is 38.0 Å². The molecule has 0 aliphatic carbocycles. The molecule has 1 heterocycles. The van der Waals surface area contributed by atoms with Crippen LogP contribution in [0.15, 0.2) is 24.3 Å². The highest BCUT2D eigenvalue weighted by Gasteiger charge is 2.21. The van der Waals surface area contributed by atoms with Crippen LogP contribution in [0.4, 0.5) is 0 Å². The fraction of sp³-hybridized carbons (Fsp3) is 0.632. The molecule has 2 atom stereocenters. The summed E-state index contributed by atoms with van der Waals surface area (Å²) in [6.45, 7) is 5.96. The van der Waals surface area contributed by atoms with E-state index in [1.807, 2.05) is 24.3 Å². The predicted octanol–water partition coefficient (Wildman–Crippen LogP) is 2.78. The van der Waals surface area contributed by atoms with Crippen LogP contribution in [-0.4, -0.2) is 39.3 Å². The minimum absolute atomic E-state index is 0. The number of amides is 1. The van der Waals surface area contributed by atoms with E-state index in [1.54, 1.807) is 7.11 Å². The molecule has 1 saturated heterocycles. The average molecular weight is 371 g/mol. The maximum absolute atomic E-state index is 12.2. The zero-order valence-corrected chi connectivity index (χ0v) is 16.1. The fourth-order valence-corrected chi connectivity index (χ4v) is 3.08. The molecular weight excluding hydrogens is 340 g/mol. The van der Waals surface area contributed by atoms with Gasteiger partial charge in [0.25, 0.3) is 0 Å². The zero-order valence-electron chi connectivity index (χ0n) is 15.3. The number of ether oxygens (including phenoxy) is 2. The second-order valence-corrected chi connectivity index (χ2v) is 6.55. The van der Waals surface area contributed by atoms with Crippen molar-refractivity contribution >= 4 is 18.3 Å². The molecule has 5 nitrogen and oxygen atoms in total. The van der Waals surface area contributed by atoms with Crippen LogP contribution in [0.25, 0.3) is 0 Å². The highest BCUT2D eigenvalue weighted by Crippen LogP contribution is 2.22. The summed E-state index contributed by atoms with van der Waals surface area (Å²) >= 11 is 0. The number of hydrogen-bond acceptors (Lipinski definition) is 4. The first-order valence-electron chi connectivity index (χ1n) is 8.87. The van der Waals surface area contributed by atoms with Gasteiger partial charge in [-0.1, -0.05) is 19.1 Å². The summed E-state index contributed by atoms with van der Waals surface area (Å²) in [5.41, 5.74) is 1.05. The maximum atomic E-state index is 12.2. The predicted molar refractivity (Wildman–Crippen MR) is 102 cm³/mol. The molecule has 0 aromatic heterocycles. The van der Waals surface area contributed by atoms with Gasteiger partial charge < -0.3 is 20.1 Å². The van der Waals surface area contributed by atoms with Gasteiger partial charge in [0.2, 0.25) is 5.91 Å². The van der Waals surface area contributed by atoms with E-state index in [4.69, 9.17) is 9.47 Å². The first kappa shape index (κ1) is 21.7. The molecule has 1 aromatic carbocycles. The van der Waals surface area contributed by atoms with Crippen molar-refractivity contribution in [3.05, 3.63) is 29.8 Å². The van der Waals surface area contributed by atoms with E-state index in [-0.39, 0.29) is 18.3 Å². The lowest BCUT2D eigenvalue weighted by molar-refractivity contribution is -0.122. The Morgan fingerprint density at radius 2 is 2.24 bits per heavy atom. The van der Waals surface area contributed by atoms with E-state index in [0.717, 1.165) is 24.4 Å². The Bertz CT molecular complexity index is 507. The summed E-state index contributed by atoms with van der Waals surface area (Å²) in [5, 5.41) is 6.44. The number of rotatable bonds is 9. The molecule has 1 aromatic rings. The first-order valence-corrected chi connectivity index (χ1v) is 8.87. The Morgan fingerprint density at radius 3 is 2.96 bits per heavy atom. The number of benzene rings is 1. The Balaban J connectivity index is 0.00000312. The summed E-state index contributed by atoms with van der Waals surface area (Å²) in [6, 6.07) is 7.82. The fourth-order valence-electron chi connectivity index (χ4n) is 3.08. The normalized spacial score (nSPS) is 18.1. The van der Waals surface area contributed by atoms with Crippen LogP contribution in [0.2, 0.25) is 0 Å². The SMILES string of the molecule is COCCOc1cccc(CNC(=O)CC(C)C2CCCNC2)c1.Cl. The number of carbonyl (C=O) groups is 1. The van der Waals surface area contributed by atoms with Gasteiger partial charge in [0.15, 0.2) is 0 Å². The number of nitrogens with one attached hydrogen (secondary N) is 2. The van der Waals surface area contributed by atoms with E-state index in [9.17, 15) is 4.79 Å². The topological polar surface area (TPSA) is 59.6 Å². The van der Waals surface area contributed by atoms with Crippen LogP contribution in [0.3, 0.4) is 0 Å². The van der Waals surface area contributed by atoms with Crippen molar-refractivity contribution in [3.8, 4) is 5.75 Å². The summed E-state index contributed by atoms with van der Waals surface area (Å²) in [5.74, 6) is 1.96. The smallest absolute Gasteiger partial charge is 0.220 e. The monoisotopic (exact) mass is 370 g/mol. The summed E-state index contributed by atoms with van der Waals surface area (Å²) in [7, 11) is 1.65. The Morgan fingerprint density at radius 1 is 1.40 bits per heavy atom. The lowest BCUT2D eigenvalue weighted by Crippen LogP contribution is -2.35. The molecule has 1 amide bonds. The Hall–Kier alpha value is -1.30. The van der Waals surface area contributed by atoms with Crippen LogP contribution >= 0.6 is 12.4 Å². The van der Waals surface area contributed by atoms with Gasteiger partial charge in [-0.05, 0) is 55.5 Å². The lowest BCUT2D eigenvalue weighted by Gasteiger charge is -2.28. The summed E-state index contributed by atoms with van der Waals surface area (Å²) in [4.78, 5) is 12.2. The molecule has 0 bridgehead atoms. The summed E-state index contributed by atoms with van der Waals surface area (Å²) < 4.78 is 10.6. The van der Waals surface area contributed by atoms with Crippen molar-refractivity contribution in [2.24, 2.45) is 11.8 Å². The molecule has 1 aliphatic heterocycles. The first-order chi connectivity index (χ1) is 11.7. The van der Waals surface area contributed by atoms with Crippen LogP contribution in [0.5, 0.6) is 5.75 Å². The molecule has 25 heavy (non-hydrogen) atoms. The van der Waals surface area contributed by atoms with Crippen LogP contribution in [-0.2, 0) is 16.1 Å². The van der Waals surface area contributed by atoms with Gasteiger partial charge in [-0.3, -0.25) is 4.79 Å². The highest BCUT2D eigenvalue weighted by atomic mass is 35.5. The molecule has 1 aliphatic rings. The molecule has 2 N–H and O–H groups in total. The number of methoxy groups -OCH3 is 1. The van der Waals surface area contributed by atoms with Gasteiger partial charge in [0.05, 0.1) is 6.61 Å². The summed E-state index contributed by atoms with van der Waals surface area (Å²) in [6.07, 6.45) is 3.03. The van der Waals surface area contributed by atoms with Gasteiger partial charge in [0, 0.05) is 20.1 Å². The number of hydrogen-bond donors (Lipinski definition) is 2. The van der Waals surface area contributed by atoms with E-state index < -0.39 is 0 Å². The van der Waals surface area contributed by atoms with Crippen molar-refractivity contribution in [1.82, 2.24) is 10.6 Å². The van der Waals surface area contributed by atoms with E-state index >= 15 is 0 Å². The molecule has 0 saturated carbocycles. The third-order valence-corrected chi connectivity index (χ3v) is 4.59. The molecule has 142 valence electrons. The molecular formula is C19H31ClN2O3. The number of halogens is 1. The standard InChI is InChI=1S/C19H30N2O3.ClH/c1-15(17-6-4-8-20-14-17)11-19(22)21-13-16-5-3-7-18(12-16)24-10-9-23-2;/h3,5,7,12,15,17,20H,4,6,8-11,13-14H2,1-2H3,(H,21,22);1H. The highest BCUT2D eigenvalue weighted by molar-refractivity contribution is 5.85. The van der Waals surface area contributed by atoms with Crippen molar-refractivity contribution in [2.45, 2.75) is 32.7 Å². The van der Waals surface area contributed by atoms with Crippen molar-refractivity contribution in [3.63, 3.8) is 0 Å². The molecule has 2 unspecified atom stereocenters. The van der Waals surface area contributed by atoms with Gasteiger partial charge in [-0.15, -0.1) is 12.4 Å². The van der Waals surface area contributed by atoms with Crippen molar-refractivity contribution in [2.75, 3.05) is 33.4 Å². The third kappa shape index (κ3) is 8.08. The third-order valence-electron chi connectivity index (χ3n) is 4.59. The van der Waals surface area contributed by atoms with Crippen molar-refractivity contribution < 1.29 is 14.3 Å². The van der Waals surface area contributed by atoms with E-state index in [1.165, 1.54) is 12.8 Å². The minimum atomic E-state index is 0. The average Bonchev–Trinajstić information content (AvgIpc) is 2.61. The molecule has 0 radical (unpaired) electrons. The maximum Gasteiger partial charge on any atom is 0.220 e. The van der Waals surface area contributed by atoms with Gasteiger partial charge >= 0.3 is 0 Å². The van der Waals surface area contributed by atoms with Gasteiger partial charge in [-0.25, -0.2) is 0 Å². The second-order valence-electron chi connectivity index (χ2n) is 6.55. The van der Waals surface area contributed by atoms with Gasteiger partial charge in [0.1, 0.15) is 12.4 Å². The van der Waals surface area contributed by atoms with Crippen molar-refractivity contribution in [1.29, 1.82) is 0 Å². The Kier molecular flexibility index (Phi) is 10.5. The molecule has 2 rings (SSSR count). The lowest BCUT2D eigenvalue weighted by atomic mass is 9.85. The number of piperidine rings is 1. The molecule has 1 fully saturated rings. The zero-order chi connectivity index (χ0) is 17.2. The van der Waals surface area contributed by atoms with Crippen LogP contribution in [0, 0.1) is 11.8 Å². The van der Waals surface area contributed by atoms with Gasteiger partial charge in [-0.2, -0.15) is 0 Å². The Labute approximate surface area is 157 Å². The van der Waals surface area contributed by atoms with Crippen LogP contribution < -0.4 is 15.4 Å². The molecule has 0 spiro atoms. The van der Waals surface area contributed by atoms with E-state index in [2.05, 4.69) is 17.6 Å². The minimum Gasteiger partial charge on any atom is -0.491 e.